The minimum Gasteiger partial charge on any atom is -0.342 e. The Balaban J connectivity index is 1.35. The molecule has 2 saturated heterocycles. The molecule has 3 fully saturated rings. The summed E-state index contributed by atoms with van der Waals surface area (Å²) in [5.41, 5.74) is -0.294. The number of carbonyl (C=O) groups excluding carboxylic acids is 2. The maximum atomic E-state index is 13.0. The van der Waals surface area contributed by atoms with Crippen LogP contribution in [-0.2, 0) is 16.1 Å². The van der Waals surface area contributed by atoms with Crippen LogP contribution in [0.15, 0.2) is 18.7 Å². The molecule has 3 heterocycles. The molecule has 3 aliphatic rings. The van der Waals surface area contributed by atoms with Crippen molar-refractivity contribution >= 4 is 11.8 Å². The van der Waals surface area contributed by atoms with E-state index in [4.69, 9.17) is 0 Å². The summed E-state index contributed by atoms with van der Waals surface area (Å²) in [6.45, 7) is 3.85. The van der Waals surface area contributed by atoms with Gasteiger partial charge >= 0.3 is 0 Å². The van der Waals surface area contributed by atoms with Crippen LogP contribution in [0, 0.1) is 11.3 Å². The summed E-state index contributed by atoms with van der Waals surface area (Å²) in [5.74, 6) is 1.21. The first-order chi connectivity index (χ1) is 11.7. The summed E-state index contributed by atoms with van der Waals surface area (Å²) >= 11 is 0. The predicted octanol–water partition coefficient (Wildman–Crippen LogP) is 1.52. The largest absolute Gasteiger partial charge is 0.342 e. The minimum atomic E-state index is -0.294. The van der Waals surface area contributed by atoms with Crippen molar-refractivity contribution in [3.05, 3.63) is 18.7 Å². The van der Waals surface area contributed by atoms with E-state index in [1.165, 1.54) is 12.8 Å². The van der Waals surface area contributed by atoms with Crippen LogP contribution in [0.1, 0.15) is 38.5 Å². The lowest BCUT2D eigenvalue weighted by molar-refractivity contribution is -0.146. The second-order valence-corrected chi connectivity index (χ2v) is 7.69. The van der Waals surface area contributed by atoms with E-state index in [0.717, 1.165) is 44.8 Å². The molecule has 1 aromatic heterocycles. The number of piperidine rings is 1. The molecule has 0 radical (unpaired) electrons. The highest BCUT2D eigenvalue weighted by Crippen LogP contribution is 2.41. The smallest absolute Gasteiger partial charge is 0.230 e. The molecule has 1 spiro atoms. The van der Waals surface area contributed by atoms with Gasteiger partial charge in [-0.05, 0) is 38.0 Å². The van der Waals surface area contributed by atoms with Crippen LogP contribution in [0.4, 0.5) is 0 Å². The van der Waals surface area contributed by atoms with Gasteiger partial charge in [-0.3, -0.25) is 9.59 Å². The van der Waals surface area contributed by atoms with Gasteiger partial charge in [-0.2, -0.15) is 0 Å². The van der Waals surface area contributed by atoms with E-state index in [0.29, 0.717) is 25.4 Å². The first kappa shape index (κ1) is 15.7. The van der Waals surface area contributed by atoms with E-state index in [1.54, 1.807) is 12.5 Å². The van der Waals surface area contributed by atoms with Gasteiger partial charge in [0.15, 0.2) is 0 Å². The first-order valence-electron chi connectivity index (χ1n) is 9.19. The van der Waals surface area contributed by atoms with Crippen molar-refractivity contribution in [1.29, 1.82) is 0 Å². The van der Waals surface area contributed by atoms with Crippen molar-refractivity contribution in [2.75, 3.05) is 26.2 Å². The van der Waals surface area contributed by atoms with E-state index < -0.39 is 0 Å². The van der Waals surface area contributed by atoms with Gasteiger partial charge in [-0.1, -0.05) is 0 Å². The topological polar surface area (TPSA) is 58.4 Å². The number of hydrogen-bond donors (Lipinski definition) is 0. The molecular formula is C18H26N4O2. The van der Waals surface area contributed by atoms with Crippen molar-refractivity contribution in [1.82, 2.24) is 19.4 Å². The Morgan fingerprint density at radius 2 is 2.17 bits per heavy atom. The first-order valence-corrected chi connectivity index (χ1v) is 9.19. The maximum absolute atomic E-state index is 13.0. The highest BCUT2D eigenvalue weighted by Gasteiger charge is 2.49. The minimum absolute atomic E-state index is 0.160. The zero-order valence-electron chi connectivity index (χ0n) is 14.2. The fourth-order valence-corrected chi connectivity index (χ4v) is 4.20. The molecule has 1 saturated carbocycles. The third-order valence-electron chi connectivity index (χ3n) is 5.85. The van der Waals surface area contributed by atoms with Crippen LogP contribution in [0.5, 0.6) is 0 Å². The number of likely N-dealkylation sites (tertiary alicyclic amines) is 2. The Labute approximate surface area is 142 Å². The fourth-order valence-electron chi connectivity index (χ4n) is 4.20. The van der Waals surface area contributed by atoms with Gasteiger partial charge in [0, 0.05) is 51.5 Å². The highest BCUT2D eigenvalue weighted by molar-refractivity contribution is 5.86. The van der Waals surface area contributed by atoms with Crippen LogP contribution in [-0.4, -0.2) is 57.3 Å². The maximum Gasteiger partial charge on any atom is 0.230 e. The molecule has 1 atom stereocenters. The van der Waals surface area contributed by atoms with Crippen LogP contribution in [0.2, 0.25) is 0 Å². The van der Waals surface area contributed by atoms with E-state index in [2.05, 4.69) is 9.88 Å². The van der Waals surface area contributed by atoms with Crippen LogP contribution >= 0.6 is 0 Å². The molecule has 0 bridgehead atoms. The molecule has 130 valence electrons. The van der Waals surface area contributed by atoms with Crippen molar-refractivity contribution in [2.45, 2.75) is 45.1 Å². The number of imidazole rings is 1. The second-order valence-electron chi connectivity index (χ2n) is 7.69. The molecule has 0 aromatic carbocycles. The van der Waals surface area contributed by atoms with Gasteiger partial charge in [0.05, 0.1) is 11.7 Å². The van der Waals surface area contributed by atoms with Gasteiger partial charge in [-0.15, -0.1) is 0 Å². The normalized spacial score (nSPS) is 27.2. The lowest BCUT2D eigenvalue weighted by atomic mass is 9.78. The van der Waals surface area contributed by atoms with E-state index >= 15 is 0 Å². The fraction of sp³-hybridized carbons (Fsp3) is 0.722. The standard InChI is InChI=1S/C18H26N4O2/c23-16(4-9-20-11-7-19-14-20)22-10-6-18(13-22)5-1-8-21(17(18)24)12-15-2-3-15/h7,11,14-15H,1-6,8-10,12-13H2/t18-/m1/s1. The van der Waals surface area contributed by atoms with Crippen LogP contribution in [0.3, 0.4) is 0 Å². The summed E-state index contributed by atoms with van der Waals surface area (Å²) in [7, 11) is 0. The van der Waals surface area contributed by atoms with Crippen LogP contribution in [0.25, 0.3) is 0 Å². The summed E-state index contributed by atoms with van der Waals surface area (Å²) in [6, 6.07) is 0. The van der Waals surface area contributed by atoms with Crippen molar-refractivity contribution < 1.29 is 9.59 Å². The lowest BCUT2D eigenvalue weighted by Gasteiger charge is -2.39. The number of amides is 2. The zero-order valence-corrected chi connectivity index (χ0v) is 14.2. The molecule has 6 nitrogen and oxygen atoms in total. The van der Waals surface area contributed by atoms with Crippen molar-refractivity contribution in [3.8, 4) is 0 Å². The van der Waals surface area contributed by atoms with Gasteiger partial charge in [0.1, 0.15) is 0 Å². The van der Waals surface area contributed by atoms with Crippen molar-refractivity contribution in [2.24, 2.45) is 11.3 Å². The van der Waals surface area contributed by atoms with Gasteiger partial charge in [-0.25, -0.2) is 4.98 Å². The zero-order chi connectivity index (χ0) is 16.6. The third-order valence-corrected chi connectivity index (χ3v) is 5.85. The molecule has 0 N–H and O–H groups in total. The van der Waals surface area contributed by atoms with Crippen LogP contribution < -0.4 is 0 Å². The number of aromatic nitrogens is 2. The average Bonchev–Trinajstić information content (AvgIpc) is 3.09. The molecule has 2 aliphatic heterocycles. The van der Waals surface area contributed by atoms with E-state index in [-0.39, 0.29) is 11.3 Å². The highest BCUT2D eigenvalue weighted by atomic mass is 16.2. The number of hydrogen-bond acceptors (Lipinski definition) is 3. The number of aryl methyl sites for hydroxylation is 1. The lowest BCUT2D eigenvalue weighted by Crippen LogP contribution is -2.51. The summed E-state index contributed by atoms with van der Waals surface area (Å²) in [4.78, 5) is 33.5. The number of nitrogens with zero attached hydrogens (tertiary/aromatic N) is 4. The third kappa shape index (κ3) is 3.06. The monoisotopic (exact) mass is 330 g/mol. The molecule has 0 unspecified atom stereocenters. The average molecular weight is 330 g/mol. The summed E-state index contributed by atoms with van der Waals surface area (Å²) < 4.78 is 1.92. The van der Waals surface area contributed by atoms with Gasteiger partial charge in [0.2, 0.25) is 11.8 Å². The number of rotatable bonds is 5. The molecule has 1 aliphatic carbocycles. The Morgan fingerprint density at radius 1 is 1.29 bits per heavy atom. The van der Waals surface area contributed by atoms with Gasteiger partial charge in [0.25, 0.3) is 0 Å². The number of carbonyl (C=O) groups is 2. The second kappa shape index (κ2) is 6.22. The molecule has 6 heteroatoms. The molecule has 2 amide bonds. The SMILES string of the molecule is O=C(CCn1ccnc1)N1CC[C@]2(CCCN(CC3CC3)C2=O)C1. The van der Waals surface area contributed by atoms with Gasteiger partial charge < -0.3 is 14.4 Å². The Morgan fingerprint density at radius 3 is 2.92 bits per heavy atom. The Bertz CT molecular complexity index is 611. The van der Waals surface area contributed by atoms with E-state index in [9.17, 15) is 9.59 Å². The molecule has 1 aromatic rings. The molecule has 4 rings (SSSR count). The van der Waals surface area contributed by atoms with E-state index in [1.807, 2.05) is 15.7 Å². The molecule has 24 heavy (non-hydrogen) atoms. The molecular weight excluding hydrogens is 304 g/mol. The predicted molar refractivity (Wildman–Crippen MR) is 89.0 cm³/mol. The summed E-state index contributed by atoms with van der Waals surface area (Å²) in [6.07, 6.45) is 11.2. The Kier molecular flexibility index (Phi) is 4.06. The van der Waals surface area contributed by atoms with Crippen molar-refractivity contribution in [3.63, 3.8) is 0 Å². The Hall–Kier alpha value is -1.85. The quantitative estimate of drug-likeness (QED) is 0.822. The summed E-state index contributed by atoms with van der Waals surface area (Å²) in [5, 5.41) is 0.